The quantitative estimate of drug-likeness (QED) is 0.927. The Balaban J connectivity index is 0.00000180. The summed E-state index contributed by atoms with van der Waals surface area (Å²) in [6.45, 7) is 5.89. The minimum atomic E-state index is 0. The molecule has 0 radical (unpaired) electrons. The van der Waals surface area contributed by atoms with Crippen molar-refractivity contribution in [2.45, 2.75) is 38.8 Å². The molecule has 1 N–H and O–H groups in total. The van der Waals surface area contributed by atoms with Gasteiger partial charge in [0.25, 0.3) is 0 Å². The maximum atomic E-state index is 12.1. The van der Waals surface area contributed by atoms with E-state index in [4.69, 9.17) is 0 Å². The average molecular weight is 320 g/mol. The number of aryl methyl sites for hydroxylation is 1. The third kappa shape index (κ3) is 5.65. The van der Waals surface area contributed by atoms with Crippen LogP contribution in [0.4, 0.5) is 0 Å². The maximum absolute atomic E-state index is 12.1. The highest BCUT2D eigenvalue weighted by molar-refractivity contribution is 5.85. The van der Waals surface area contributed by atoms with E-state index < -0.39 is 0 Å². The summed E-state index contributed by atoms with van der Waals surface area (Å²) in [4.78, 5) is 18.1. The van der Waals surface area contributed by atoms with Gasteiger partial charge >= 0.3 is 0 Å². The van der Waals surface area contributed by atoms with Gasteiger partial charge in [-0.1, -0.05) is 0 Å². The number of amides is 1. The Labute approximate surface area is 133 Å². The van der Waals surface area contributed by atoms with Gasteiger partial charge in [0, 0.05) is 44.0 Å². The predicted molar refractivity (Wildman–Crippen MR) is 85.7 cm³/mol. The fraction of sp³-hybridized carbons (Fsp3) is 0.571. The molecular weight excluding hydrogens is 297 g/mol. The monoisotopic (exact) mass is 319 g/mol. The number of halogens is 2. The number of rotatable bonds is 3. The van der Waals surface area contributed by atoms with Gasteiger partial charge in [0.15, 0.2) is 0 Å². The third-order valence-electron chi connectivity index (χ3n) is 3.29. The molecule has 2 rings (SSSR count). The van der Waals surface area contributed by atoms with Gasteiger partial charge in [0.05, 0.1) is 0 Å². The molecule has 1 amide bonds. The van der Waals surface area contributed by atoms with Gasteiger partial charge in [0.2, 0.25) is 5.91 Å². The molecule has 0 bridgehead atoms. The van der Waals surface area contributed by atoms with Crippen molar-refractivity contribution in [3.63, 3.8) is 0 Å². The molecule has 2 unspecified atom stereocenters. The molecule has 114 valence electrons. The van der Waals surface area contributed by atoms with Gasteiger partial charge in [-0.15, -0.1) is 24.8 Å². The first-order chi connectivity index (χ1) is 8.65. The zero-order valence-corrected chi connectivity index (χ0v) is 13.5. The SMILES string of the molecule is CC1CN(C(=O)CCc2ccncc2)CC(C)N1.Cl.Cl. The van der Waals surface area contributed by atoms with E-state index in [1.54, 1.807) is 12.4 Å². The summed E-state index contributed by atoms with van der Waals surface area (Å²) in [5.41, 5.74) is 1.18. The molecule has 0 aromatic carbocycles. The van der Waals surface area contributed by atoms with Crippen molar-refractivity contribution in [1.29, 1.82) is 0 Å². The second-order valence-electron chi connectivity index (χ2n) is 5.12. The molecule has 2 heterocycles. The van der Waals surface area contributed by atoms with E-state index in [1.807, 2.05) is 17.0 Å². The highest BCUT2D eigenvalue weighted by Gasteiger charge is 2.24. The van der Waals surface area contributed by atoms with Crippen molar-refractivity contribution in [2.75, 3.05) is 13.1 Å². The molecule has 1 fully saturated rings. The lowest BCUT2D eigenvalue weighted by atomic mass is 10.1. The van der Waals surface area contributed by atoms with E-state index in [-0.39, 0.29) is 30.7 Å². The minimum absolute atomic E-state index is 0. The molecule has 1 aromatic rings. The summed E-state index contributed by atoms with van der Waals surface area (Å²) in [6.07, 6.45) is 4.93. The number of piperazine rings is 1. The third-order valence-corrected chi connectivity index (χ3v) is 3.29. The largest absolute Gasteiger partial charge is 0.340 e. The number of pyridine rings is 1. The Kier molecular flexibility index (Phi) is 8.78. The van der Waals surface area contributed by atoms with E-state index in [1.165, 1.54) is 5.56 Å². The minimum Gasteiger partial charge on any atom is -0.340 e. The van der Waals surface area contributed by atoms with Crippen LogP contribution in [0.5, 0.6) is 0 Å². The van der Waals surface area contributed by atoms with E-state index in [0.29, 0.717) is 18.5 Å². The van der Waals surface area contributed by atoms with Crippen LogP contribution in [0.2, 0.25) is 0 Å². The normalized spacial score (nSPS) is 21.6. The Hall–Kier alpha value is -0.840. The zero-order valence-electron chi connectivity index (χ0n) is 11.9. The first kappa shape index (κ1) is 19.2. The first-order valence-corrected chi connectivity index (χ1v) is 6.58. The van der Waals surface area contributed by atoms with Crippen LogP contribution in [0, 0.1) is 0 Å². The summed E-state index contributed by atoms with van der Waals surface area (Å²) in [7, 11) is 0. The molecule has 1 aliphatic heterocycles. The molecule has 1 aliphatic rings. The van der Waals surface area contributed by atoms with Crippen LogP contribution < -0.4 is 5.32 Å². The molecule has 4 nitrogen and oxygen atoms in total. The molecular formula is C14H23Cl2N3O. The fourth-order valence-electron chi connectivity index (χ4n) is 2.49. The van der Waals surface area contributed by atoms with Crippen LogP contribution in [-0.4, -0.2) is 41.0 Å². The Morgan fingerprint density at radius 2 is 1.80 bits per heavy atom. The number of carbonyl (C=O) groups is 1. The van der Waals surface area contributed by atoms with Crippen molar-refractivity contribution < 1.29 is 4.79 Å². The second kappa shape index (κ2) is 9.16. The number of aromatic nitrogens is 1. The van der Waals surface area contributed by atoms with Crippen molar-refractivity contribution in [3.8, 4) is 0 Å². The average Bonchev–Trinajstić information content (AvgIpc) is 2.36. The van der Waals surface area contributed by atoms with Gasteiger partial charge in [-0.2, -0.15) is 0 Å². The molecule has 0 saturated carbocycles. The van der Waals surface area contributed by atoms with Gasteiger partial charge in [-0.05, 0) is 38.0 Å². The van der Waals surface area contributed by atoms with Crippen molar-refractivity contribution in [2.24, 2.45) is 0 Å². The van der Waals surface area contributed by atoms with Crippen LogP contribution >= 0.6 is 24.8 Å². The van der Waals surface area contributed by atoms with E-state index in [2.05, 4.69) is 24.1 Å². The summed E-state index contributed by atoms with van der Waals surface area (Å²) >= 11 is 0. The van der Waals surface area contributed by atoms with Crippen LogP contribution in [0.3, 0.4) is 0 Å². The Bertz CT molecular complexity index is 393. The lowest BCUT2D eigenvalue weighted by Crippen LogP contribution is -2.55. The number of nitrogens with zero attached hydrogens (tertiary/aromatic N) is 2. The van der Waals surface area contributed by atoms with E-state index >= 15 is 0 Å². The highest BCUT2D eigenvalue weighted by Crippen LogP contribution is 2.08. The van der Waals surface area contributed by atoms with Crippen LogP contribution in [0.25, 0.3) is 0 Å². The standard InChI is InChI=1S/C14H21N3O.2ClH/c1-11-9-17(10-12(2)16-11)14(18)4-3-13-5-7-15-8-6-13;;/h5-8,11-12,16H,3-4,9-10H2,1-2H3;2*1H. The van der Waals surface area contributed by atoms with Crippen molar-refractivity contribution in [1.82, 2.24) is 15.2 Å². The molecule has 0 aliphatic carbocycles. The molecule has 6 heteroatoms. The molecule has 1 saturated heterocycles. The lowest BCUT2D eigenvalue weighted by molar-refractivity contribution is -0.132. The van der Waals surface area contributed by atoms with Crippen molar-refractivity contribution in [3.05, 3.63) is 30.1 Å². The summed E-state index contributed by atoms with van der Waals surface area (Å²) in [6, 6.07) is 4.71. The molecule has 2 atom stereocenters. The second-order valence-corrected chi connectivity index (χ2v) is 5.12. The topological polar surface area (TPSA) is 45.2 Å². The number of hydrogen-bond acceptors (Lipinski definition) is 3. The summed E-state index contributed by atoms with van der Waals surface area (Å²) < 4.78 is 0. The Morgan fingerprint density at radius 3 is 2.35 bits per heavy atom. The lowest BCUT2D eigenvalue weighted by Gasteiger charge is -2.36. The zero-order chi connectivity index (χ0) is 13.0. The van der Waals surface area contributed by atoms with E-state index in [0.717, 1.165) is 19.5 Å². The molecule has 0 spiro atoms. The Morgan fingerprint density at radius 1 is 1.25 bits per heavy atom. The number of hydrogen-bond donors (Lipinski definition) is 1. The number of carbonyl (C=O) groups excluding carboxylic acids is 1. The van der Waals surface area contributed by atoms with Crippen LogP contribution in [-0.2, 0) is 11.2 Å². The van der Waals surface area contributed by atoms with Crippen LogP contribution in [0.1, 0.15) is 25.8 Å². The van der Waals surface area contributed by atoms with Gasteiger partial charge in [-0.3, -0.25) is 9.78 Å². The summed E-state index contributed by atoms with van der Waals surface area (Å²) in [5.74, 6) is 0.256. The van der Waals surface area contributed by atoms with Gasteiger partial charge in [-0.25, -0.2) is 0 Å². The highest BCUT2D eigenvalue weighted by atomic mass is 35.5. The predicted octanol–water partition coefficient (Wildman–Crippen LogP) is 2.07. The molecule has 20 heavy (non-hydrogen) atoms. The van der Waals surface area contributed by atoms with Gasteiger partial charge in [0.1, 0.15) is 0 Å². The van der Waals surface area contributed by atoms with E-state index in [9.17, 15) is 4.79 Å². The van der Waals surface area contributed by atoms with Crippen LogP contribution in [0.15, 0.2) is 24.5 Å². The summed E-state index contributed by atoms with van der Waals surface area (Å²) in [5, 5.41) is 3.44. The number of nitrogens with one attached hydrogen (secondary N) is 1. The van der Waals surface area contributed by atoms with Gasteiger partial charge < -0.3 is 10.2 Å². The fourth-order valence-corrected chi connectivity index (χ4v) is 2.49. The molecule has 1 aromatic heterocycles. The smallest absolute Gasteiger partial charge is 0.223 e. The maximum Gasteiger partial charge on any atom is 0.223 e. The first-order valence-electron chi connectivity index (χ1n) is 6.58. The van der Waals surface area contributed by atoms with Crippen molar-refractivity contribution >= 4 is 30.7 Å².